The number of imide groups is 1. The van der Waals surface area contributed by atoms with Gasteiger partial charge in [-0.25, -0.2) is 0 Å². The molecule has 0 spiro atoms. The highest BCUT2D eigenvalue weighted by Gasteiger charge is 2.11. The first kappa shape index (κ1) is 32.1. The summed E-state index contributed by atoms with van der Waals surface area (Å²) in [5.74, 6) is -0.881. The van der Waals surface area contributed by atoms with Crippen molar-refractivity contribution in [1.29, 1.82) is 0 Å². The SMILES string of the molecule is C=O.CC(=O)N(C)c1ccc(CCNC(=O)c2ccc(C(=O)NCCc3ccc(N(C=O)C(C)=O)cc3)cc2)cc1. The summed E-state index contributed by atoms with van der Waals surface area (Å²) >= 11 is 0. The molecule has 5 amide bonds. The third-order valence-corrected chi connectivity index (χ3v) is 6.26. The lowest BCUT2D eigenvalue weighted by Gasteiger charge is -2.15. The lowest BCUT2D eigenvalue weighted by Crippen LogP contribution is -2.27. The summed E-state index contributed by atoms with van der Waals surface area (Å²) in [5.41, 5.74) is 4.19. The van der Waals surface area contributed by atoms with Gasteiger partial charge < -0.3 is 20.3 Å². The summed E-state index contributed by atoms with van der Waals surface area (Å²) in [6, 6.07) is 21.0. The highest BCUT2D eigenvalue weighted by Crippen LogP contribution is 2.15. The molecule has 0 aliphatic carbocycles. The van der Waals surface area contributed by atoms with E-state index >= 15 is 0 Å². The minimum Gasteiger partial charge on any atom is -0.352 e. The minimum absolute atomic E-state index is 0.0406. The van der Waals surface area contributed by atoms with Crippen LogP contribution in [-0.2, 0) is 32.0 Å². The van der Waals surface area contributed by atoms with Crippen molar-refractivity contribution in [2.75, 3.05) is 29.9 Å². The highest BCUT2D eigenvalue weighted by atomic mass is 16.2. The largest absolute Gasteiger partial charge is 0.352 e. The van der Waals surface area contributed by atoms with Crippen molar-refractivity contribution in [3.63, 3.8) is 0 Å². The molecule has 0 bridgehead atoms. The molecule has 0 fully saturated rings. The molecular formula is C31H34N4O6. The van der Waals surface area contributed by atoms with E-state index in [1.807, 2.05) is 31.1 Å². The van der Waals surface area contributed by atoms with Crippen LogP contribution < -0.4 is 20.4 Å². The molecule has 2 N–H and O–H groups in total. The molecule has 0 aliphatic rings. The Morgan fingerprint density at radius 3 is 1.39 bits per heavy atom. The average Bonchev–Trinajstić information content (AvgIpc) is 2.99. The Bertz CT molecular complexity index is 1340. The van der Waals surface area contributed by atoms with E-state index in [9.17, 15) is 24.0 Å². The molecule has 0 radical (unpaired) electrons. The number of anilines is 2. The van der Waals surface area contributed by atoms with Gasteiger partial charge in [-0.1, -0.05) is 24.3 Å². The van der Waals surface area contributed by atoms with E-state index in [0.717, 1.165) is 21.7 Å². The van der Waals surface area contributed by atoms with Crippen molar-refractivity contribution in [3.05, 3.63) is 95.1 Å². The van der Waals surface area contributed by atoms with Crippen LogP contribution in [-0.4, -0.2) is 57.0 Å². The fraction of sp³-hybridized carbons (Fsp3) is 0.226. The maximum atomic E-state index is 12.5. The molecule has 3 aromatic carbocycles. The van der Waals surface area contributed by atoms with Crippen LogP contribution in [0.25, 0.3) is 0 Å². The van der Waals surface area contributed by atoms with Crippen LogP contribution in [0.5, 0.6) is 0 Å². The number of carbonyl (C=O) groups excluding carboxylic acids is 6. The number of nitrogens with zero attached hydrogens (tertiary/aromatic N) is 2. The first-order valence-corrected chi connectivity index (χ1v) is 12.8. The van der Waals surface area contributed by atoms with E-state index in [-0.39, 0.29) is 23.6 Å². The van der Waals surface area contributed by atoms with Gasteiger partial charge in [0.25, 0.3) is 11.8 Å². The average molecular weight is 559 g/mol. The predicted octanol–water partition coefficient (Wildman–Crippen LogP) is 2.94. The number of hydrogen-bond donors (Lipinski definition) is 2. The Labute approximate surface area is 239 Å². The number of amides is 5. The zero-order valence-electron chi connectivity index (χ0n) is 23.4. The van der Waals surface area contributed by atoms with Gasteiger partial charge in [0.15, 0.2) is 0 Å². The zero-order valence-corrected chi connectivity index (χ0v) is 23.4. The monoisotopic (exact) mass is 558 g/mol. The second-order valence-corrected chi connectivity index (χ2v) is 8.99. The molecule has 10 heteroatoms. The molecule has 41 heavy (non-hydrogen) atoms. The molecule has 0 saturated heterocycles. The van der Waals surface area contributed by atoms with Crippen LogP contribution in [0.15, 0.2) is 72.8 Å². The maximum Gasteiger partial charge on any atom is 0.251 e. The lowest BCUT2D eigenvalue weighted by atomic mass is 10.1. The topological polar surface area (TPSA) is 133 Å². The standard InChI is InChI=1S/C30H32N4O5.CH2O/c1-21(36)33(3)27-12-4-23(5-13-27)16-18-31-29(38)25-8-10-26(11-9-25)30(39)32-19-17-24-6-14-28(15-7-24)34(20-35)22(2)37;1-2/h4-15,20H,16-19H2,1-3H3,(H,31,38)(H,32,39);1H2. The summed E-state index contributed by atoms with van der Waals surface area (Å²) in [6.45, 7) is 5.67. The predicted molar refractivity (Wildman–Crippen MR) is 157 cm³/mol. The molecular weight excluding hydrogens is 524 g/mol. The molecule has 10 nitrogen and oxygen atoms in total. The Kier molecular flexibility index (Phi) is 12.6. The molecule has 0 aliphatic heterocycles. The van der Waals surface area contributed by atoms with Gasteiger partial charge in [-0.3, -0.25) is 28.9 Å². The Balaban J connectivity index is 0.00000287. The third-order valence-electron chi connectivity index (χ3n) is 6.26. The van der Waals surface area contributed by atoms with Crippen molar-refractivity contribution in [2.24, 2.45) is 0 Å². The first-order valence-electron chi connectivity index (χ1n) is 12.8. The summed E-state index contributed by atoms with van der Waals surface area (Å²) in [7, 11) is 1.72. The quantitative estimate of drug-likeness (QED) is 0.348. The van der Waals surface area contributed by atoms with Gasteiger partial charge >= 0.3 is 0 Å². The van der Waals surface area contributed by atoms with Crippen LogP contribution in [0.1, 0.15) is 45.7 Å². The van der Waals surface area contributed by atoms with Crippen molar-refractivity contribution >= 4 is 48.2 Å². The van der Waals surface area contributed by atoms with Crippen molar-refractivity contribution < 1.29 is 28.8 Å². The first-order chi connectivity index (χ1) is 19.7. The van der Waals surface area contributed by atoms with E-state index in [1.165, 1.54) is 13.8 Å². The van der Waals surface area contributed by atoms with Crippen LogP contribution in [0, 0.1) is 0 Å². The fourth-order valence-corrected chi connectivity index (χ4v) is 3.83. The zero-order chi connectivity index (χ0) is 30.4. The summed E-state index contributed by atoms with van der Waals surface area (Å²) in [6.07, 6.45) is 1.69. The molecule has 0 heterocycles. The molecule has 0 aromatic heterocycles. The number of hydrogen-bond acceptors (Lipinski definition) is 6. The molecule has 0 unspecified atom stereocenters. The van der Waals surface area contributed by atoms with Crippen LogP contribution in [0.2, 0.25) is 0 Å². The highest BCUT2D eigenvalue weighted by molar-refractivity contribution is 6.05. The summed E-state index contributed by atoms with van der Waals surface area (Å²) in [4.78, 5) is 69.5. The maximum absolute atomic E-state index is 12.5. The van der Waals surface area contributed by atoms with E-state index in [4.69, 9.17) is 4.79 Å². The van der Waals surface area contributed by atoms with Gasteiger partial charge in [-0.05, 0) is 72.5 Å². The van der Waals surface area contributed by atoms with Gasteiger partial charge in [0, 0.05) is 50.8 Å². The lowest BCUT2D eigenvalue weighted by molar-refractivity contribution is -0.120. The second-order valence-electron chi connectivity index (χ2n) is 8.99. The van der Waals surface area contributed by atoms with E-state index in [0.29, 0.717) is 49.2 Å². The van der Waals surface area contributed by atoms with Gasteiger partial charge in [0.1, 0.15) is 6.79 Å². The van der Waals surface area contributed by atoms with Crippen molar-refractivity contribution in [2.45, 2.75) is 26.7 Å². The number of benzene rings is 3. The Hall–Kier alpha value is -5.12. The minimum atomic E-state index is -0.365. The number of rotatable bonds is 11. The summed E-state index contributed by atoms with van der Waals surface area (Å²) < 4.78 is 0. The van der Waals surface area contributed by atoms with Crippen molar-refractivity contribution in [1.82, 2.24) is 10.6 Å². The fourth-order valence-electron chi connectivity index (χ4n) is 3.83. The van der Waals surface area contributed by atoms with Crippen LogP contribution >= 0.6 is 0 Å². The Morgan fingerprint density at radius 1 is 0.659 bits per heavy atom. The normalized spacial score (nSPS) is 9.93. The molecule has 0 atom stereocenters. The molecule has 3 aromatic rings. The van der Waals surface area contributed by atoms with Gasteiger partial charge in [-0.2, -0.15) is 0 Å². The van der Waals surface area contributed by atoms with Crippen LogP contribution in [0.3, 0.4) is 0 Å². The van der Waals surface area contributed by atoms with Crippen molar-refractivity contribution in [3.8, 4) is 0 Å². The third kappa shape index (κ3) is 9.54. The van der Waals surface area contributed by atoms with Gasteiger partial charge in [-0.15, -0.1) is 0 Å². The summed E-state index contributed by atoms with van der Waals surface area (Å²) in [5, 5.41) is 5.73. The van der Waals surface area contributed by atoms with Crippen LogP contribution in [0.4, 0.5) is 11.4 Å². The second kappa shape index (κ2) is 16.1. The van der Waals surface area contributed by atoms with Gasteiger partial charge in [0.2, 0.25) is 18.2 Å². The van der Waals surface area contributed by atoms with Gasteiger partial charge in [0.05, 0.1) is 5.69 Å². The van der Waals surface area contributed by atoms with E-state index in [2.05, 4.69) is 10.6 Å². The molecule has 3 rings (SSSR count). The van der Waals surface area contributed by atoms with E-state index in [1.54, 1.807) is 60.5 Å². The molecule has 214 valence electrons. The molecule has 0 saturated carbocycles. The Morgan fingerprint density at radius 2 is 1.05 bits per heavy atom. The number of nitrogens with one attached hydrogen (secondary N) is 2. The van der Waals surface area contributed by atoms with E-state index < -0.39 is 0 Å². The smallest absolute Gasteiger partial charge is 0.251 e. The number of carbonyl (C=O) groups is 6.